The van der Waals surface area contributed by atoms with E-state index < -0.39 is 0 Å². The van der Waals surface area contributed by atoms with Crippen LogP contribution in [-0.2, 0) is 4.79 Å². The van der Waals surface area contributed by atoms with Crippen molar-refractivity contribution in [2.45, 2.75) is 51.6 Å². The highest BCUT2D eigenvalue weighted by molar-refractivity contribution is 5.82. The lowest BCUT2D eigenvalue weighted by atomic mass is 10.1. The summed E-state index contributed by atoms with van der Waals surface area (Å²) in [6.07, 6.45) is 4.31. The van der Waals surface area contributed by atoms with Crippen molar-refractivity contribution in [2.75, 3.05) is 6.54 Å². The molecule has 0 aromatic carbocycles. The number of hydrogen-bond acceptors (Lipinski definition) is 2. The lowest BCUT2D eigenvalue weighted by Gasteiger charge is -2.16. The third-order valence-electron chi connectivity index (χ3n) is 2.49. The molecule has 1 saturated heterocycles. The van der Waals surface area contributed by atoms with E-state index in [0.29, 0.717) is 6.04 Å². The topological polar surface area (TPSA) is 41.1 Å². The van der Waals surface area contributed by atoms with E-state index in [-0.39, 0.29) is 11.9 Å². The Morgan fingerprint density at radius 1 is 1.69 bits per heavy atom. The van der Waals surface area contributed by atoms with Crippen molar-refractivity contribution < 1.29 is 4.79 Å². The van der Waals surface area contributed by atoms with E-state index in [4.69, 9.17) is 0 Å². The summed E-state index contributed by atoms with van der Waals surface area (Å²) < 4.78 is 0. The van der Waals surface area contributed by atoms with Gasteiger partial charge in [0.15, 0.2) is 0 Å². The Hall–Kier alpha value is -0.570. The minimum Gasteiger partial charge on any atom is -0.352 e. The largest absolute Gasteiger partial charge is 0.352 e. The van der Waals surface area contributed by atoms with Gasteiger partial charge in [0.1, 0.15) is 0 Å². The van der Waals surface area contributed by atoms with Crippen LogP contribution in [0, 0.1) is 0 Å². The second kappa shape index (κ2) is 5.22. The summed E-state index contributed by atoms with van der Waals surface area (Å²) in [5.74, 6) is 0.179. The Morgan fingerprint density at radius 3 is 3.00 bits per heavy atom. The molecular weight excluding hydrogens is 164 g/mol. The van der Waals surface area contributed by atoms with Gasteiger partial charge in [-0.05, 0) is 32.7 Å². The number of rotatable bonds is 4. The van der Waals surface area contributed by atoms with Crippen molar-refractivity contribution in [1.82, 2.24) is 10.6 Å². The second-order valence-electron chi connectivity index (χ2n) is 3.85. The van der Waals surface area contributed by atoms with Crippen LogP contribution < -0.4 is 10.6 Å². The fraction of sp³-hybridized carbons (Fsp3) is 0.900. The molecule has 0 aromatic rings. The third kappa shape index (κ3) is 3.35. The van der Waals surface area contributed by atoms with E-state index in [1.165, 1.54) is 0 Å². The van der Waals surface area contributed by atoms with E-state index >= 15 is 0 Å². The first-order chi connectivity index (χ1) is 6.24. The molecule has 1 aliphatic rings. The summed E-state index contributed by atoms with van der Waals surface area (Å²) in [5.41, 5.74) is 0. The summed E-state index contributed by atoms with van der Waals surface area (Å²) in [7, 11) is 0. The number of carbonyl (C=O) groups excluding carboxylic acids is 1. The molecule has 0 aromatic heterocycles. The monoisotopic (exact) mass is 184 g/mol. The van der Waals surface area contributed by atoms with Gasteiger partial charge in [-0.25, -0.2) is 0 Å². The summed E-state index contributed by atoms with van der Waals surface area (Å²) in [5, 5.41) is 6.21. The van der Waals surface area contributed by atoms with Crippen LogP contribution in [0.2, 0.25) is 0 Å². The van der Waals surface area contributed by atoms with Crippen molar-refractivity contribution in [3.63, 3.8) is 0 Å². The number of carbonyl (C=O) groups is 1. The molecule has 0 saturated carbocycles. The van der Waals surface area contributed by atoms with Crippen molar-refractivity contribution in [3.05, 3.63) is 0 Å². The summed E-state index contributed by atoms with van der Waals surface area (Å²) in [6, 6.07) is 0.388. The van der Waals surface area contributed by atoms with Gasteiger partial charge in [-0.2, -0.15) is 0 Å². The minimum absolute atomic E-state index is 0.0688. The molecule has 2 N–H and O–H groups in total. The van der Waals surface area contributed by atoms with Gasteiger partial charge in [-0.15, -0.1) is 0 Å². The van der Waals surface area contributed by atoms with Crippen LogP contribution in [0.3, 0.4) is 0 Å². The number of hydrogen-bond donors (Lipinski definition) is 2. The van der Waals surface area contributed by atoms with Gasteiger partial charge in [-0.1, -0.05) is 13.3 Å². The zero-order chi connectivity index (χ0) is 9.68. The van der Waals surface area contributed by atoms with Crippen LogP contribution in [-0.4, -0.2) is 24.5 Å². The van der Waals surface area contributed by atoms with Crippen LogP contribution in [0.5, 0.6) is 0 Å². The van der Waals surface area contributed by atoms with Crippen LogP contribution in [0.15, 0.2) is 0 Å². The molecule has 3 heteroatoms. The van der Waals surface area contributed by atoms with E-state index in [2.05, 4.69) is 24.5 Å². The fourth-order valence-electron chi connectivity index (χ4n) is 1.76. The molecule has 1 heterocycles. The van der Waals surface area contributed by atoms with Gasteiger partial charge >= 0.3 is 0 Å². The molecule has 0 aliphatic carbocycles. The minimum atomic E-state index is 0.0688. The molecule has 76 valence electrons. The van der Waals surface area contributed by atoms with Crippen LogP contribution in [0.25, 0.3) is 0 Å². The first-order valence-corrected chi connectivity index (χ1v) is 5.27. The Labute approximate surface area is 80.3 Å². The molecule has 0 spiro atoms. The molecule has 1 fully saturated rings. The average Bonchev–Trinajstić information content (AvgIpc) is 2.55. The molecular formula is C10H20N2O. The maximum Gasteiger partial charge on any atom is 0.237 e. The van der Waals surface area contributed by atoms with Crippen molar-refractivity contribution in [2.24, 2.45) is 0 Å². The highest BCUT2D eigenvalue weighted by atomic mass is 16.2. The Kier molecular flexibility index (Phi) is 4.22. The summed E-state index contributed by atoms with van der Waals surface area (Å²) in [4.78, 5) is 11.6. The molecule has 1 amide bonds. The molecule has 2 atom stereocenters. The number of amides is 1. The first-order valence-electron chi connectivity index (χ1n) is 5.27. The van der Waals surface area contributed by atoms with Crippen molar-refractivity contribution in [1.29, 1.82) is 0 Å². The molecule has 1 rings (SSSR count). The van der Waals surface area contributed by atoms with E-state index in [1.807, 2.05) is 0 Å². The first kappa shape index (κ1) is 10.5. The van der Waals surface area contributed by atoms with Crippen LogP contribution in [0.1, 0.15) is 39.5 Å². The standard InChI is InChI=1S/C10H20N2O/c1-3-5-8(2)12-10(13)9-6-4-7-11-9/h8-9,11H,3-7H2,1-2H3,(H,12,13)/t8?,9-/m1/s1. The quantitative estimate of drug-likeness (QED) is 0.685. The Balaban J connectivity index is 2.23. The summed E-state index contributed by atoms with van der Waals surface area (Å²) in [6.45, 7) is 5.19. The van der Waals surface area contributed by atoms with Gasteiger partial charge in [0.05, 0.1) is 6.04 Å². The molecule has 0 radical (unpaired) electrons. The maximum absolute atomic E-state index is 11.6. The van der Waals surface area contributed by atoms with Gasteiger partial charge < -0.3 is 10.6 Å². The summed E-state index contributed by atoms with van der Waals surface area (Å²) >= 11 is 0. The zero-order valence-corrected chi connectivity index (χ0v) is 8.60. The number of nitrogens with one attached hydrogen (secondary N) is 2. The molecule has 1 aliphatic heterocycles. The van der Waals surface area contributed by atoms with Crippen molar-refractivity contribution in [3.8, 4) is 0 Å². The second-order valence-corrected chi connectivity index (χ2v) is 3.85. The third-order valence-corrected chi connectivity index (χ3v) is 2.49. The highest BCUT2D eigenvalue weighted by Crippen LogP contribution is 2.05. The van der Waals surface area contributed by atoms with Crippen molar-refractivity contribution >= 4 is 5.91 Å². The predicted octanol–water partition coefficient (Wildman–Crippen LogP) is 1.04. The highest BCUT2D eigenvalue weighted by Gasteiger charge is 2.22. The normalized spacial score (nSPS) is 24.3. The maximum atomic E-state index is 11.6. The lowest BCUT2D eigenvalue weighted by molar-refractivity contribution is -0.123. The average molecular weight is 184 g/mol. The molecule has 13 heavy (non-hydrogen) atoms. The van der Waals surface area contributed by atoms with Gasteiger partial charge in [0, 0.05) is 6.04 Å². The smallest absolute Gasteiger partial charge is 0.237 e. The predicted molar refractivity (Wildman–Crippen MR) is 53.5 cm³/mol. The van der Waals surface area contributed by atoms with Crippen LogP contribution in [0.4, 0.5) is 0 Å². The molecule has 0 bridgehead atoms. The SMILES string of the molecule is CCCC(C)NC(=O)[C@H]1CCCN1. The van der Waals surface area contributed by atoms with Gasteiger partial charge in [-0.3, -0.25) is 4.79 Å². The molecule has 1 unspecified atom stereocenters. The Bertz CT molecular complexity index is 164. The van der Waals surface area contributed by atoms with E-state index in [0.717, 1.165) is 32.2 Å². The lowest BCUT2D eigenvalue weighted by Crippen LogP contribution is -2.44. The van der Waals surface area contributed by atoms with Gasteiger partial charge in [0.25, 0.3) is 0 Å². The van der Waals surface area contributed by atoms with Gasteiger partial charge in [0.2, 0.25) is 5.91 Å². The Morgan fingerprint density at radius 2 is 2.46 bits per heavy atom. The zero-order valence-electron chi connectivity index (χ0n) is 8.60. The van der Waals surface area contributed by atoms with E-state index in [9.17, 15) is 4.79 Å². The van der Waals surface area contributed by atoms with E-state index in [1.54, 1.807) is 0 Å². The fourth-order valence-corrected chi connectivity index (χ4v) is 1.76. The van der Waals surface area contributed by atoms with Crippen LogP contribution >= 0.6 is 0 Å². The molecule has 3 nitrogen and oxygen atoms in total.